The van der Waals surface area contributed by atoms with E-state index in [0.29, 0.717) is 5.02 Å². The van der Waals surface area contributed by atoms with Crippen LogP contribution in [-0.4, -0.2) is 5.12 Å². The van der Waals surface area contributed by atoms with Crippen LogP contribution in [0.2, 0.25) is 5.02 Å². The lowest BCUT2D eigenvalue weighted by Crippen LogP contribution is -1.97. The molecule has 0 amide bonds. The van der Waals surface area contributed by atoms with E-state index >= 15 is 0 Å². The van der Waals surface area contributed by atoms with Crippen LogP contribution >= 0.6 is 24.2 Å². The molecule has 0 spiro atoms. The summed E-state index contributed by atoms with van der Waals surface area (Å²) in [4.78, 5) is 11.2. The van der Waals surface area contributed by atoms with Crippen molar-refractivity contribution in [2.75, 3.05) is 0 Å². The fraction of sp³-hybridized carbons (Fsp3) is 0.0714. The van der Waals surface area contributed by atoms with Crippen molar-refractivity contribution < 1.29 is 4.79 Å². The number of halogens is 1. The van der Waals surface area contributed by atoms with E-state index in [1.54, 1.807) is 6.07 Å². The highest BCUT2D eigenvalue weighted by Gasteiger charge is 2.10. The van der Waals surface area contributed by atoms with Gasteiger partial charge in [0.2, 0.25) is 0 Å². The Morgan fingerprint density at radius 1 is 1.06 bits per heavy atom. The van der Waals surface area contributed by atoms with Crippen LogP contribution in [0.3, 0.4) is 0 Å². The van der Waals surface area contributed by atoms with Crippen molar-refractivity contribution in [2.24, 2.45) is 0 Å². The van der Waals surface area contributed by atoms with Gasteiger partial charge in [-0.05, 0) is 22.8 Å². The first kappa shape index (κ1) is 12.2. The molecule has 0 saturated carbocycles. The number of hydrogen-bond acceptors (Lipinski definition) is 1. The van der Waals surface area contributed by atoms with E-state index in [9.17, 15) is 4.79 Å². The fourth-order valence-corrected chi connectivity index (χ4v) is 2.18. The fourth-order valence-electron chi connectivity index (χ4n) is 1.78. The molecule has 0 saturated heterocycles. The lowest BCUT2D eigenvalue weighted by Gasteiger charge is -2.10. The summed E-state index contributed by atoms with van der Waals surface area (Å²) in [7, 11) is 0. The molecule has 2 rings (SSSR count). The average Bonchev–Trinajstić information content (AvgIpc) is 2.32. The van der Waals surface area contributed by atoms with E-state index in [4.69, 9.17) is 11.6 Å². The standard InChI is InChI=1S/C14H11ClOS/c15-13-8-4-7-11(12(13)9-14(16)17)10-5-2-1-3-6-10/h1-8H,9H2,(H,16,17). The van der Waals surface area contributed by atoms with Crippen LogP contribution < -0.4 is 0 Å². The van der Waals surface area contributed by atoms with Gasteiger partial charge in [0.05, 0.1) is 0 Å². The third-order valence-corrected chi connectivity index (χ3v) is 3.04. The summed E-state index contributed by atoms with van der Waals surface area (Å²) in [5.74, 6) is 0. The van der Waals surface area contributed by atoms with Gasteiger partial charge in [0.25, 0.3) is 0 Å². The Kier molecular flexibility index (Phi) is 3.87. The van der Waals surface area contributed by atoms with E-state index in [1.807, 2.05) is 42.5 Å². The van der Waals surface area contributed by atoms with Gasteiger partial charge in [0.1, 0.15) is 0 Å². The zero-order chi connectivity index (χ0) is 12.3. The summed E-state index contributed by atoms with van der Waals surface area (Å²) in [6.07, 6.45) is 0.243. The molecule has 0 unspecified atom stereocenters. The highest BCUT2D eigenvalue weighted by molar-refractivity contribution is 7.96. The molecule has 0 atom stereocenters. The number of benzene rings is 2. The molecule has 2 aromatic carbocycles. The highest BCUT2D eigenvalue weighted by Crippen LogP contribution is 2.29. The second-order valence-corrected chi connectivity index (χ2v) is 4.61. The number of carbonyl (C=O) groups is 1. The minimum absolute atomic E-state index is 0.185. The molecular weight excluding hydrogens is 252 g/mol. The lowest BCUT2D eigenvalue weighted by molar-refractivity contribution is -0.110. The maximum Gasteiger partial charge on any atom is 0.190 e. The molecule has 0 aliphatic carbocycles. The first-order chi connectivity index (χ1) is 8.18. The van der Waals surface area contributed by atoms with E-state index < -0.39 is 0 Å². The predicted molar refractivity (Wildman–Crippen MR) is 74.6 cm³/mol. The van der Waals surface area contributed by atoms with Crippen molar-refractivity contribution in [3.63, 3.8) is 0 Å². The van der Waals surface area contributed by atoms with Crippen molar-refractivity contribution in [3.05, 3.63) is 59.1 Å². The van der Waals surface area contributed by atoms with Gasteiger partial charge in [-0.2, -0.15) is 0 Å². The predicted octanol–water partition coefficient (Wildman–Crippen LogP) is 4.01. The molecule has 0 aliphatic heterocycles. The third kappa shape index (κ3) is 2.90. The van der Waals surface area contributed by atoms with Gasteiger partial charge in [-0.3, -0.25) is 4.79 Å². The van der Waals surface area contributed by atoms with Gasteiger partial charge >= 0.3 is 0 Å². The van der Waals surface area contributed by atoms with Gasteiger partial charge in [-0.25, -0.2) is 0 Å². The molecule has 3 heteroatoms. The third-order valence-electron chi connectivity index (χ3n) is 2.53. The molecule has 0 fully saturated rings. The average molecular weight is 263 g/mol. The minimum atomic E-state index is -0.185. The topological polar surface area (TPSA) is 17.1 Å². The van der Waals surface area contributed by atoms with Gasteiger partial charge in [0, 0.05) is 11.4 Å². The molecule has 17 heavy (non-hydrogen) atoms. The van der Waals surface area contributed by atoms with E-state index in [-0.39, 0.29) is 11.5 Å². The molecule has 2 aromatic rings. The summed E-state index contributed by atoms with van der Waals surface area (Å²) in [6.45, 7) is 0. The van der Waals surface area contributed by atoms with E-state index in [0.717, 1.165) is 16.7 Å². The van der Waals surface area contributed by atoms with Crippen LogP contribution in [0.25, 0.3) is 11.1 Å². The molecule has 0 heterocycles. The van der Waals surface area contributed by atoms with Crippen LogP contribution in [0.5, 0.6) is 0 Å². The highest BCUT2D eigenvalue weighted by atomic mass is 35.5. The largest absolute Gasteiger partial charge is 0.287 e. The van der Waals surface area contributed by atoms with Gasteiger partial charge in [-0.1, -0.05) is 54.1 Å². The molecule has 0 N–H and O–H groups in total. The zero-order valence-corrected chi connectivity index (χ0v) is 10.7. The summed E-state index contributed by atoms with van der Waals surface area (Å²) in [6, 6.07) is 15.5. The maximum atomic E-state index is 11.2. The first-order valence-electron chi connectivity index (χ1n) is 5.23. The smallest absolute Gasteiger partial charge is 0.190 e. The Labute approximate surface area is 111 Å². The molecule has 0 aliphatic rings. The van der Waals surface area contributed by atoms with Crippen LogP contribution in [-0.2, 0) is 11.2 Å². The number of rotatable bonds is 3. The van der Waals surface area contributed by atoms with Gasteiger partial charge < -0.3 is 0 Å². The van der Waals surface area contributed by atoms with Crippen LogP contribution in [0, 0.1) is 0 Å². The zero-order valence-electron chi connectivity index (χ0n) is 9.06. The molecule has 1 nitrogen and oxygen atoms in total. The Balaban J connectivity index is 2.54. The van der Waals surface area contributed by atoms with Crippen molar-refractivity contribution >= 4 is 29.3 Å². The van der Waals surface area contributed by atoms with Crippen LogP contribution in [0.4, 0.5) is 0 Å². The van der Waals surface area contributed by atoms with E-state index in [1.165, 1.54) is 0 Å². The molecule has 0 aromatic heterocycles. The summed E-state index contributed by atoms with van der Waals surface area (Å²) in [5, 5.41) is 0.420. The second-order valence-electron chi connectivity index (χ2n) is 3.70. The number of thiol groups is 1. The van der Waals surface area contributed by atoms with Gasteiger partial charge in [0.15, 0.2) is 5.12 Å². The second kappa shape index (κ2) is 5.39. The van der Waals surface area contributed by atoms with Crippen molar-refractivity contribution in [1.82, 2.24) is 0 Å². The quantitative estimate of drug-likeness (QED) is 0.828. The van der Waals surface area contributed by atoms with E-state index in [2.05, 4.69) is 12.6 Å². The maximum absolute atomic E-state index is 11.2. The monoisotopic (exact) mass is 262 g/mol. The summed E-state index contributed by atoms with van der Waals surface area (Å²) in [5.41, 5.74) is 2.88. The summed E-state index contributed by atoms with van der Waals surface area (Å²) < 4.78 is 0. The SMILES string of the molecule is O=C(S)Cc1c(Cl)cccc1-c1ccccc1. The Hall–Kier alpha value is -1.25. The molecule has 0 radical (unpaired) electrons. The minimum Gasteiger partial charge on any atom is -0.287 e. The van der Waals surface area contributed by atoms with Crippen molar-refractivity contribution in [3.8, 4) is 11.1 Å². The number of hydrogen-bond donors (Lipinski definition) is 1. The molecule has 0 bridgehead atoms. The lowest BCUT2D eigenvalue weighted by atomic mass is 9.98. The van der Waals surface area contributed by atoms with Crippen molar-refractivity contribution in [2.45, 2.75) is 6.42 Å². The Morgan fingerprint density at radius 2 is 1.76 bits per heavy atom. The number of carbonyl (C=O) groups excluding carboxylic acids is 1. The Bertz CT molecular complexity index is 537. The van der Waals surface area contributed by atoms with Crippen LogP contribution in [0.1, 0.15) is 5.56 Å². The molecular formula is C14H11ClOS. The van der Waals surface area contributed by atoms with Crippen LogP contribution in [0.15, 0.2) is 48.5 Å². The Morgan fingerprint density at radius 3 is 2.41 bits per heavy atom. The summed E-state index contributed by atoms with van der Waals surface area (Å²) >= 11 is 9.96. The first-order valence-corrected chi connectivity index (χ1v) is 6.05. The normalized spacial score (nSPS) is 10.2. The molecule has 86 valence electrons. The van der Waals surface area contributed by atoms with Crippen molar-refractivity contribution in [1.29, 1.82) is 0 Å². The van der Waals surface area contributed by atoms with Gasteiger partial charge in [-0.15, -0.1) is 12.6 Å².